The van der Waals surface area contributed by atoms with Crippen LogP contribution < -0.4 is 5.32 Å². The highest BCUT2D eigenvalue weighted by atomic mass is 19.4. The molecule has 1 aromatic heterocycles. The number of alkyl halides is 3. The van der Waals surface area contributed by atoms with E-state index in [0.717, 1.165) is 28.8 Å². The number of amides is 1. The Balaban J connectivity index is 1.36. The van der Waals surface area contributed by atoms with Gasteiger partial charge in [0.05, 0.1) is 22.2 Å². The summed E-state index contributed by atoms with van der Waals surface area (Å²) in [5, 5.41) is 12.8. The van der Waals surface area contributed by atoms with Crippen LogP contribution in [-0.2, 0) is 19.3 Å². The molecule has 0 aliphatic rings. The molecule has 0 aliphatic carbocycles. The molecular formula is C37H27F3N2O3. The van der Waals surface area contributed by atoms with Crippen LogP contribution in [0.2, 0.25) is 0 Å². The Kier molecular flexibility index (Phi) is 7.96. The Bertz CT molecular complexity index is 2000. The summed E-state index contributed by atoms with van der Waals surface area (Å²) in [5.74, 6) is -1.45. The SMILES string of the molecule is O=C(O)c1ccc(CNC(=O)c2cc(-c3cccc(C(F)(F)F)c3)cc3ccn(Cc4ccc(-c5ccccc5)cc4)c23)cc1. The molecule has 0 spiro atoms. The second-order valence-electron chi connectivity index (χ2n) is 10.7. The summed E-state index contributed by atoms with van der Waals surface area (Å²) < 4.78 is 42.5. The van der Waals surface area contributed by atoms with Gasteiger partial charge in [0.15, 0.2) is 0 Å². The first kappa shape index (κ1) is 29.4. The monoisotopic (exact) mass is 604 g/mol. The molecule has 6 rings (SSSR count). The number of benzene rings is 5. The number of hydrogen-bond donors (Lipinski definition) is 2. The van der Waals surface area contributed by atoms with E-state index in [0.29, 0.717) is 39.7 Å². The molecule has 0 atom stereocenters. The lowest BCUT2D eigenvalue weighted by atomic mass is 9.98. The third-order valence-electron chi connectivity index (χ3n) is 7.70. The fourth-order valence-corrected chi connectivity index (χ4v) is 5.37. The van der Waals surface area contributed by atoms with Gasteiger partial charge in [0.1, 0.15) is 0 Å². The summed E-state index contributed by atoms with van der Waals surface area (Å²) in [4.78, 5) is 24.9. The predicted octanol–water partition coefficient (Wildman–Crippen LogP) is 8.67. The number of carboxylic acids is 1. The van der Waals surface area contributed by atoms with E-state index in [2.05, 4.69) is 5.32 Å². The van der Waals surface area contributed by atoms with Crippen LogP contribution in [0.25, 0.3) is 33.2 Å². The number of aromatic carboxylic acids is 1. The van der Waals surface area contributed by atoms with E-state index in [1.165, 1.54) is 18.2 Å². The van der Waals surface area contributed by atoms with Crippen LogP contribution in [0.15, 0.2) is 128 Å². The zero-order valence-corrected chi connectivity index (χ0v) is 23.9. The maximum atomic E-state index is 13.7. The number of halogens is 3. The standard InChI is InChI=1S/C37H27F3N2O3/c38-37(39,40)32-8-4-7-29(20-32)31-19-30-17-18-42(23-25-11-13-27(14-12-25)26-5-2-1-3-6-26)34(30)33(21-31)35(43)41-22-24-9-15-28(16-10-24)36(44)45/h1-21H,22-23H2,(H,41,43)(H,44,45). The van der Waals surface area contributed by atoms with Gasteiger partial charge in [0, 0.05) is 24.7 Å². The molecule has 1 heterocycles. The van der Waals surface area contributed by atoms with Crippen molar-refractivity contribution in [1.82, 2.24) is 9.88 Å². The first-order valence-corrected chi connectivity index (χ1v) is 14.2. The maximum Gasteiger partial charge on any atom is 0.416 e. The Morgan fingerprint density at radius 2 is 1.36 bits per heavy atom. The van der Waals surface area contributed by atoms with E-state index < -0.39 is 23.6 Å². The summed E-state index contributed by atoms with van der Waals surface area (Å²) >= 11 is 0. The molecule has 0 saturated heterocycles. The first-order chi connectivity index (χ1) is 21.7. The minimum Gasteiger partial charge on any atom is -0.478 e. The van der Waals surface area contributed by atoms with Crippen molar-refractivity contribution >= 4 is 22.8 Å². The van der Waals surface area contributed by atoms with Gasteiger partial charge in [-0.3, -0.25) is 4.79 Å². The van der Waals surface area contributed by atoms with Crippen LogP contribution in [0.3, 0.4) is 0 Å². The number of nitrogens with zero attached hydrogens (tertiary/aromatic N) is 1. The molecule has 6 aromatic rings. The molecular weight excluding hydrogens is 577 g/mol. The zero-order chi connectivity index (χ0) is 31.6. The molecule has 0 fully saturated rings. The van der Waals surface area contributed by atoms with Crippen LogP contribution in [0, 0.1) is 0 Å². The van der Waals surface area contributed by atoms with Crippen LogP contribution in [-0.4, -0.2) is 21.6 Å². The molecule has 5 nitrogen and oxygen atoms in total. The highest BCUT2D eigenvalue weighted by Gasteiger charge is 2.30. The third-order valence-corrected chi connectivity index (χ3v) is 7.70. The van der Waals surface area contributed by atoms with E-state index >= 15 is 0 Å². The van der Waals surface area contributed by atoms with Crippen LogP contribution in [0.5, 0.6) is 0 Å². The summed E-state index contributed by atoms with van der Waals surface area (Å²) in [6, 6.07) is 34.7. The van der Waals surface area contributed by atoms with E-state index in [-0.39, 0.29) is 12.1 Å². The minimum atomic E-state index is -4.50. The molecule has 45 heavy (non-hydrogen) atoms. The summed E-state index contributed by atoms with van der Waals surface area (Å²) in [6.07, 6.45) is -2.64. The van der Waals surface area contributed by atoms with Crippen molar-refractivity contribution in [3.05, 3.63) is 155 Å². The van der Waals surface area contributed by atoms with Crippen molar-refractivity contribution < 1.29 is 27.9 Å². The molecule has 0 unspecified atom stereocenters. The Morgan fingerprint density at radius 1 is 0.689 bits per heavy atom. The predicted molar refractivity (Wildman–Crippen MR) is 168 cm³/mol. The van der Waals surface area contributed by atoms with Crippen molar-refractivity contribution in [3.8, 4) is 22.3 Å². The first-order valence-electron chi connectivity index (χ1n) is 14.2. The maximum absolute atomic E-state index is 13.7. The fourth-order valence-electron chi connectivity index (χ4n) is 5.37. The number of aromatic nitrogens is 1. The van der Waals surface area contributed by atoms with Gasteiger partial charge in [-0.1, -0.05) is 78.9 Å². The van der Waals surface area contributed by atoms with Crippen molar-refractivity contribution in [2.24, 2.45) is 0 Å². The second-order valence-corrected chi connectivity index (χ2v) is 10.7. The summed E-state index contributed by atoms with van der Waals surface area (Å²) in [6.45, 7) is 0.605. The molecule has 0 bridgehead atoms. The van der Waals surface area contributed by atoms with E-state index in [1.807, 2.05) is 71.4 Å². The topological polar surface area (TPSA) is 71.3 Å². The number of fused-ring (bicyclic) bond motifs is 1. The molecule has 1 amide bonds. The number of carbonyl (C=O) groups is 2. The second kappa shape index (κ2) is 12.2. The van der Waals surface area contributed by atoms with E-state index in [9.17, 15) is 22.8 Å². The number of hydrogen-bond acceptors (Lipinski definition) is 2. The third kappa shape index (κ3) is 6.50. The fraction of sp³-hybridized carbons (Fsp3) is 0.0811. The zero-order valence-electron chi connectivity index (χ0n) is 23.9. The summed E-state index contributed by atoms with van der Waals surface area (Å²) in [7, 11) is 0. The molecule has 0 aliphatic heterocycles. The number of carboxylic acid groups (broad SMARTS) is 1. The molecule has 224 valence electrons. The average Bonchev–Trinajstić information content (AvgIpc) is 3.46. The molecule has 5 aromatic carbocycles. The molecule has 8 heteroatoms. The van der Waals surface area contributed by atoms with Gasteiger partial charge in [-0.15, -0.1) is 0 Å². The van der Waals surface area contributed by atoms with Gasteiger partial charge in [0.25, 0.3) is 5.91 Å². The van der Waals surface area contributed by atoms with E-state index in [1.54, 1.807) is 30.3 Å². The molecule has 2 N–H and O–H groups in total. The van der Waals surface area contributed by atoms with Gasteiger partial charge in [-0.25, -0.2) is 4.79 Å². The number of nitrogens with one attached hydrogen (secondary N) is 1. The number of rotatable bonds is 8. The van der Waals surface area contributed by atoms with Crippen molar-refractivity contribution in [2.45, 2.75) is 19.3 Å². The lowest BCUT2D eigenvalue weighted by Gasteiger charge is -2.14. The number of carbonyl (C=O) groups excluding carboxylic acids is 1. The van der Waals surface area contributed by atoms with Gasteiger partial charge in [-0.05, 0) is 75.8 Å². The van der Waals surface area contributed by atoms with Gasteiger partial charge in [-0.2, -0.15) is 13.2 Å². The van der Waals surface area contributed by atoms with Gasteiger partial charge in [0.2, 0.25) is 0 Å². The average molecular weight is 605 g/mol. The molecule has 0 saturated carbocycles. The highest BCUT2D eigenvalue weighted by Crippen LogP contribution is 2.34. The van der Waals surface area contributed by atoms with Crippen LogP contribution in [0.1, 0.15) is 37.4 Å². The van der Waals surface area contributed by atoms with Crippen LogP contribution in [0.4, 0.5) is 13.2 Å². The highest BCUT2D eigenvalue weighted by molar-refractivity contribution is 6.08. The normalized spacial score (nSPS) is 11.4. The van der Waals surface area contributed by atoms with Crippen molar-refractivity contribution in [3.63, 3.8) is 0 Å². The van der Waals surface area contributed by atoms with Crippen LogP contribution >= 0.6 is 0 Å². The minimum absolute atomic E-state index is 0.134. The van der Waals surface area contributed by atoms with Gasteiger partial charge >= 0.3 is 12.1 Å². The lowest BCUT2D eigenvalue weighted by molar-refractivity contribution is -0.137. The Labute approximate surface area is 257 Å². The Morgan fingerprint density at radius 3 is 2.04 bits per heavy atom. The largest absolute Gasteiger partial charge is 0.478 e. The quantitative estimate of drug-likeness (QED) is 0.183. The van der Waals surface area contributed by atoms with Crippen molar-refractivity contribution in [1.29, 1.82) is 0 Å². The summed E-state index contributed by atoms with van der Waals surface area (Å²) in [5.41, 5.74) is 5.05. The Hall–Kier alpha value is -5.63. The molecule has 0 radical (unpaired) electrons. The smallest absolute Gasteiger partial charge is 0.416 e. The lowest BCUT2D eigenvalue weighted by Crippen LogP contribution is -2.23. The van der Waals surface area contributed by atoms with Gasteiger partial charge < -0.3 is 15.0 Å². The van der Waals surface area contributed by atoms with Crippen molar-refractivity contribution in [2.75, 3.05) is 0 Å². The van der Waals surface area contributed by atoms with E-state index in [4.69, 9.17) is 5.11 Å².